The van der Waals surface area contributed by atoms with E-state index in [4.69, 9.17) is 23.2 Å². The number of aromatic nitrogens is 2. The molecule has 29 heavy (non-hydrogen) atoms. The highest BCUT2D eigenvalue weighted by Crippen LogP contribution is 2.28. The molecule has 0 atom stereocenters. The van der Waals surface area contributed by atoms with Gasteiger partial charge in [0.2, 0.25) is 5.95 Å². The highest BCUT2D eigenvalue weighted by molar-refractivity contribution is 6.36. The zero-order chi connectivity index (χ0) is 20.4. The van der Waals surface area contributed by atoms with E-state index in [2.05, 4.69) is 39.1 Å². The van der Waals surface area contributed by atoms with Gasteiger partial charge in [-0.25, -0.2) is 14.8 Å². The number of carbonyl (C=O) groups is 1. The highest BCUT2D eigenvalue weighted by Gasteiger charge is 2.21. The van der Waals surface area contributed by atoms with Crippen LogP contribution in [0, 0.1) is 0 Å². The number of hydrogen-bond donors (Lipinski definition) is 1. The van der Waals surface area contributed by atoms with E-state index in [0.717, 1.165) is 25.9 Å². The van der Waals surface area contributed by atoms with Gasteiger partial charge in [-0.2, -0.15) is 0 Å². The first-order valence-electron chi connectivity index (χ1n) is 9.37. The average molecular weight is 428 g/mol. The Hall–Kier alpha value is -2.63. The SMILES string of the molecule is O=C(O)c1cnc(N2CCc3ccccc3CC2)nc1Cc1c(Cl)cccc1Cl. The molecule has 0 aliphatic carbocycles. The predicted molar refractivity (Wildman–Crippen MR) is 114 cm³/mol. The molecule has 0 bridgehead atoms. The number of rotatable bonds is 4. The monoisotopic (exact) mass is 427 g/mol. The molecular formula is C22H19Cl2N3O2. The molecule has 0 radical (unpaired) electrons. The second-order valence-corrected chi connectivity index (χ2v) is 7.78. The number of halogens is 2. The Bertz CT molecular complexity index is 1020. The summed E-state index contributed by atoms with van der Waals surface area (Å²) in [6.45, 7) is 1.55. The molecule has 2 heterocycles. The fourth-order valence-corrected chi connectivity index (χ4v) is 4.14. The predicted octanol–water partition coefficient (Wildman–Crippen LogP) is 4.68. The third-order valence-electron chi connectivity index (χ3n) is 5.19. The van der Waals surface area contributed by atoms with Crippen molar-refractivity contribution in [3.63, 3.8) is 0 Å². The van der Waals surface area contributed by atoms with Crippen molar-refractivity contribution >= 4 is 35.1 Å². The van der Waals surface area contributed by atoms with Gasteiger partial charge in [0.15, 0.2) is 0 Å². The first-order chi connectivity index (χ1) is 14.0. The molecular weight excluding hydrogens is 409 g/mol. The van der Waals surface area contributed by atoms with Crippen LogP contribution in [-0.2, 0) is 19.3 Å². The van der Waals surface area contributed by atoms with E-state index < -0.39 is 5.97 Å². The van der Waals surface area contributed by atoms with Crippen molar-refractivity contribution in [3.8, 4) is 0 Å². The number of carboxylic acid groups (broad SMARTS) is 1. The van der Waals surface area contributed by atoms with Crippen molar-refractivity contribution in [1.29, 1.82) is 0 Å². The summed E-state index contributed by atoms with van der Waals surface area (Å²) in [6, 6.07) is 13.6. The maximum absolute atomic E-state index is 11.7. The van der Waals surface area contributed by atoms with Gasteiger partial charge in [0, 0.05) is 35.8 Å². The average Bonchev–Trinajstić information content (AvgIpc) is 2.93. The molecule has 1 aromatic heterocycles. The second-order valence-electron chi connectivity index (χ2n) is 6.97. The standard InChI is InChI=1S/C22H19Cl2N3O2/c23-18-6-3-7-19(24)16(18)12-20-17(21(28)29)13-25-22(26-20)27-10-8-14-4-1-2-5-15(14)9-11-27/h1-7,13H,8-12H2,(H,28,29). The van der Waals surface area contributed by atoms with E-state index in [1.165, 1.54) is 17.3 Å². The summed E-state index contributed by atoms with van der Waals surface area (Å²) in [5.41, 5.74) is 3.79. The lowest BCUT2D eigenvalue weighted by atomic mass is 10.0. The summed E-state index contributed by atoms with van der Waals surface area (Å²) < 4.78 is 0. The number of hydrogen-bond acceptors (Lipinski definition) is 4. The van der Waals surface area contributed by atoms with Gasteiger partial charge in [-0.3, -0.25) is 0 Å². The van der Waals surface area contributed by atoms with Crippen LogP contribution in [0.3, 0.4) is 0 Å². The number of fused-ring (bicyclic) bond motifs is 1. The van der Waals surface area contributed by atoms with E-state index in [-0.39, 0.29) is 12.0 Å². The van der Waals surface area contributed by atoms with Crippen LogP contribution >= 0.6 is 23.2 Å². The van der Waals surface area contributed by atoms with Gasteiger partial charge in [-0.15, -0.1) is 0 Å². The molecule has 5 nitrogen and oxygen atoms in total. The lowest BCUT2D eigenvalue weighted by molar-refractivity contribution is 0.0695. The third-order valence-corrected chi connectivity index (χ3v) is 5.90. The Morgan fingerprint density at radius 2 is 1.62 bits per heavy atom. The first-order valence-corrected chi connectivity index (χ1v) is 10.1. The van der Waals surface area contributed by atoms with E-state index >= 15 is 0 Å². The summed E-state index contributed by atoms with van der Waals surface area (Å²) in [5.74, 6) is -0.543. The van der Waals surface area contributed by atoms with E-state index in [1.54, 1.807) is 18.2 Å². The zero-order valence-corrected chi connectivity index (χ0v) is 17.1. The Morgan fingerprint density at radius 1 is 1.00 bits per heavy atom. The summed E-state index contributed by atoms with van der Waals surface area (Å²) in [6.07, 6.45) is 3.39. The number of aromatic carboxylic acids is 1. The topological polar surface area (TPSA) is 66.3 Å². The fraction of sp³-hybridized carbons (Fsp3) is 0.227. The van der Waals surface area contributed by atoms with Crippen LogP contribution in [0.1, 0.15) is 32.7 Å². The Kier molecular flexibility index (Phi) is 5.69. The third kappa shape index (κ3) is 4.21. The van der Waals surface area contributed by atoms with Crippen molar-refractivity contribution in [2.75, 3.05) is 18.0 Å². The summed E-state index contributed by atoms with van der Waals surface area (Å²) >= 11 is 12.6. The van der Waals surface area contributed by atoms with Gasteiger partial charge < -0.3 is 10.0 Å². The number of carboxylic acids is 1. The normalized spacial score (nSPS) is 13.7. The molecule has 7 heteroatoms. The number of benzene rings is 2. The van der Waals surface area contributed by atoms with Crippen molar-refractivity contribution in [2.24, 2.45) is 0 Å². The van der Waals surface area contributed by atoms with Gasteiger partial charge in [0.05, 0.1) is 11.3 Å². The van der Waals surface area contributed by atoms with E-state index in [1.807, 2.05) is 0 Å². The minimum atomic E-state index is -1.07. The first kappa shape index (κ1) is 19.7. The van der Waals surface area contributed by atoms with Gasteiger partial charge in [0.1, 0.15) is 0 Å². The molecule has 1 aliphatic heterocycles. The molecule has 1 aliphatic rings. The van der Waals surface area contributed by atoms with Gasteiger partial charge in [-0.1, -0.05) is 53.5 Å². The Balaban J connectivity index is 1.66. The molecule has 0 saturated heterocycles. The van der Waals surface area contributed by atoms with Crippen LogP contribution < -0.4 is 4.90 Å². The van der Waals surface area contributed by atoms with Crippen LogP contribution in [0.4, 0.5) is 5.95 Å². The molecule has 0 saturated carbocycles. The maximum Gasteiger partial charge on any atom is 0.339 e. The maximum atomic E-state index is 11.7. The highest BCUT2D eigenvalue weighted by atomic mass is 35.5. The quantitative estimate of drug-likeness (QED) is 0.654. The summed E-state index contributed by atoms with van der Waals surface area (Å²) in [4.78, 5) is 22.8. The van der Waals surface area contributed by atoms with Crippen molar-refractivity contribution in [2.45, 2.75) is 19.3 Å². The molecule has 4 rings (SSSR count). The van der Waals surface area contributed by atoms with Crippen molar-refractivity contribution < 1.29 is 9.90 Å². The van der Waals surface area contributed by atoms with E-state index in [0.29, 0.717) is 27.3 Å². The zero-order valence-electron chi connectivity index (χ0n) is 15.6. The van der Waals surface area contributed by atoms with Crippen LogP contribution in [0.25, 0.3) is 0 Å². The van der Waals surface area contributed by atoms with Crippen LogP contribution in [-0.4, -0.2) is 34.1 Å². The number of anilines is 1. The lowest BCUT2D eigenvalue weighted by Crippen LogP contribution is -2.28. The van der Waals surface area contributed by atoms with Crippen LogP contribution in [0.2, 0.25) is 10.0 Å². The van der Waals surface area contributed by atoms with E-state index in [9.17, 15) is 9.90 Å². The molecule has 0 fully saturated rings. The molecule has 0 amide bonds. The molecule has 0 unspecified atom stereocenters. The molecule has 3 aromatic rings. The smallest absolute Gasteiger partial charge is 0.339 e. The van der Waals surface area contributed by atoms with Crippen molar-refractivity contribution in [3.05, 3.63) is 86.7 Å². The van der Waals surface area contributed by atoms with Gasteiger partial charge >= 0.3 is 5.97 Å². The number of nitrogens with zero attached hydrogens (tertiary/aromatic N) is 3. The molecule has 2 aromatic carbocycles. The Morgan fingerprint density at radius 3 is 2.21 bits per heavy atom. The largest absolute Gasteiger partial charge is 0.478 e. The summed E-state index contributed by atoms with van der Waals surface area (Å²) in [7, 11) is 0. The minimum Gasteiger partial charge on any atom is -0.478 e. The fourth-order valence-electron chi connectivity index (χ4n) is 3.61. The molecule has 0 spiro atoms. The van der Waals surface area contributed by atoms with Gasteiger partial charge in [-0.05, 0) is 41.7 Å². The summed E-state index contributed by atoms with van der Waals surface area (Å²) in [5, 5.41) is 10.6. The Labute approximate surface area is 178 Å². The van der Waals surface area contributed by atoms with Crippen molar-refractivity contribution in [1.82, 2.24) is 9.97 Å². The minimum absolute atomic E-state index is 0.0582. The van der Waals surface area contributed by atoms with Crippen LogP contribution in [0.15, 0.2) is 48.7 Å². The lowest BCUT2D eigenvalue weighted by Gasteiger charge is -2.21. The van der Waals surface area contributed by atoms with Gasteiger partial charge in [0.25, 0.3) is 0 Å². The van der Waals surface area contributed by atoms with Crippen LogP contribution in [0.5, 0.6) is 0 Å². The molecule has 148 valence electrons. The molecule has 1 N–H and O–H groups in total. The second kappa shape index (κ2) is 8.39.